The molecule has 6 heteroatoms. The van der Waals surface area contributed by atoms with Crippen molar-refractivity contribution in [2.24, 2.45) is 16.8 Å². The van der Waals surface area contributed by atoms with Gasteiger partial charge in [0.2, 0.25) is 0 Å². The van der Waals surface area contributed by atoms with Gasteiger partial charge < -0.3 is 15.7 Å². The minimum atomic E-state index is -0.106. The van der Waals surface area contributed by atoms with E-state index in [1.165, 1.54) is 0 Å². The summed E-state index contributed by atoms with van der Waals surface area (Å²) in [7, 11) is 0. The van der Waals surface area contributed by atoms with E-state index in [1.54, 1.807) is 12.1 Å². The monoisotopic (exact) mass is 406 g/mol. The number of guanidine groups is 1. The third-order valence-corrected chi connectivity index (χ3v) is 5.70. The molecule has 0 amide bonds. The SMILES string of the molecule is CCCC(CCO)CN=C(NCC)NCC1CCN(Cc2ccccc2F)CC1. The van der Waals surface area contributed by atoms with Gasteiger partial charge in [-0.2, -0.15) is 0 Å². The fourth-order valence-corrected chi connectivity index (χ4v) is 3.94. The van der Waals surface area contributed by atoms with Crippen LogP contribution < -0.4 is 10.6 Å². The van der Waals surface area contributed by atoms with E-state index in [0.717, 1.165) is 76.4 Å². The van der Waals surface area contributed by atoms with Crippen LogP contribution in [-0.2, 0) is 6.54 Å². The number of piperidine rings is 1. The smallest absolute Gasteiger partial charge is 0.191 e. The van der Waals surface area contributed by atoms with Gasteiger partial charge in [0.1, 0.15) is 5.82 Å². The molecule has 1 aliphatic heterocycles. The molecule has 29 heavy (non-hydrogen) atoms. The van der Waals surface area contributed by atoms with E-state index in [-0.39, 0.29) is 12.4 Å². The lowest BCUT2D eigenvalue weighted by Crippen LogP contribution is -2.43. The Balaban J connectivity index is 1.76. The second-order valence-electron chi connectivity index (χ2n) is 8.08. The fourth-order valence-electron chi connectivity index (χ4n) is 3.94. The lowest BCUT2D eigenvalue weighted by atomic mass is 9.96. The first-order chi connectivity index (χ1) is 14.2. The number of nitrogens with one attached hydrogen (secondary N) is 2. The maximum Gasteiger partial charge on any atom is 0.191 e. The van der Waals surface area contributed by atoms with Crippen LogP contribution in [0.15, 0.2) is 29.3 Å². The first kappa shape index (κ1) is 23.6. The third kappa shape index (κ3) is 8.70. The maximum absolute atomic E-state index is 13.9. The van der Waals surface area contributed by atoms with Crippen molar-refractivity contribution in [3.05, 3.63) is 35.6 Å². The minimum absolute atomic E-state index is 0.106. The third-order valence-electron chi connectivity index (χ3n) is 5.70. The quantitative estimate of drug-likeness (QED) is 0.389. The van der Waals surface area contributed by atoms with Crippen molar-refractivity contribution in [1.82, 2.24) is 15.5 Å². The Hall–Kier alpha value is -1.66. The molecule has 1 atom stereocenters. The van der Waals surface area contributed by atoms with Gasteiger partial charge in [-0.25, -0.2) is 4.39 Å². The average molecular weight is 407 g/mol. The summed E-state index contributed by atoms with van der Waals surface area (Å²) >= 11 is 0. The lowest BCUT2D eigenvalue weighted by Gasteiger charge is -2.32. The van der Waals surface area contributed by atoms with E-state index >= 15 is 0 Å². The molecule has 1 aromatic rings. The highest BCUT2D eigenvalue weighted by molar-refractivity contribution is 5.79. The van der Waals surface area contributed by atoms with Crippen molar-refractivity contribution < 1.29 is 9.50 Å². The van der Waals surface area contributed by atoms with Gasteiger partial charge in [-0.05, 0) is 63.6 Å². The van der Waals surface area contributed by atoms with Crippen LogP contribution in [0, 0.1) is 17.7 Å². The summed E-state index contributed by atoms with van der Waals surface area (Å²) in [5.41, 5.74) is 0.787. The van der Waals surface area contributed by atoms with E-state index in [4.69, 9.17) is 4.99 Å². The van der Waals surface area contributed by atoms with E-state index in [9.17, 15) is 9.50 Å². The van der Waals surface area contributed by atoms with Crippen LogP contribution in [-0.4, -0.2) is 55.3 Å². The highest BCUT2D eigenvalue weighted by Gasteiger charge is 2.20. The van der Waals surface area contributed by atoms with Crippen molar-refractivity contribution in [1.29, 1.82) is 0 Å². The van der Waals surface area contributed by atoms with E-state index in [0.29, 0.717) is 18.4 Å². The van der Waals surface area contributed by atoms with Crippen LogP contribution in [0.5, 0.6) is 0 Å². The molecule has 0 saturated carbocycles. The van der Waals surface area contributed by atoms with Crippen molar-refractivity contribution in [2.45, 2.75) is 52.5 Å². The number of benzene rings is 1. The summed E-state index contributed by atoms with van der Waals surface area (Å²) in [6, 6.07) is 7.07. The van der Waals surface area contributed by atoms with Gasteiger partial charge in [-0.1, -0.05) is 31.5 Å². The number of hydrogen-bond donors (Lipinski definition) is 3. The Morgan fingerprint density at radius 1 is 1.21 bits per heavy atom. The molecule has 164 valence electrons. The standard InChI is InChI=1S/C23H39FN4O/c1-3-7-19(12-15-29)16-26-23(25-4-2)27-17-20-10-13-28(14-11-20)18-21-8-5-6-9-22(21)24/h5-6,8-9,19-20,29H,3-4,7,10-18H2,1-2H3,(H2,25,26,27). The molecule has 1 aliphatic rings. The number of halogens is 1. The maximum atomic E-state index is 13.9. The largest absolute Gasteiger partial charge is 0.396 e. The van der Waals surface area contributed by atoms with Crippen molar-refractivity contribution >= 4 is 5.96 Å². The molecule has 1 aromatic carbocycles. The summed E-state index contributed by atoms with van der Waals surface area (Å²) in [6.45, 7) is 9.70. The second kappa shape index (κ2) is 13.5. The Morgan fingerprint density at radius 2 is 1.97 bits per heavy atom. The van der Waals surface area contributed by atoms with Crippen LogP contribution in [0.25, 0.3) is 0 Å². The number of likely N-dealkylation sites (tertiary alicyclic amines) is 1. The van der Waals surface area contributed by atoms with Crippen LogP contribution in [0.3, 0.4) is 0 Å². The fraction of sp³-hybridized carbons (Fsp3) is 0.696. The van der Waals surface area contributed by atoms with Crippen molar-refractivity contribution in [2.75, 3.05) is 39.3 Å². The molecule has 1 heterocycles. The molecule has 0 spiro atoms. The average Bonchev–Trinajstić information content (AvgIpc) is 2.73. The van der Waals surface area contributed by atoms with Gasteiger partial charge in [0.05, 0.1) is 0 Å². The molecular weight excluding hydrogens is 367 g/mol. The highest BCUT2D eigenvalue weighted by Crippen LogP contribution is 2.19. The molecule has 0 bridgehead atoms. The summed E-state index contributed by atoms with van der Waals surface area (Å²) in [5.74, 6) is 1.83. The molecule has 1 fully saturated rings. The van der Waals surface area contributed by atoms with E-state index in [2.05, 4.69) is 29.4 Å². The molecule has 1 saturated heterocycles. The Kier molecular flexibility index (Phi) is 11.0. The molecule has 2 rings (SSSR count). The van der Waals surface area contributed by atoms with Gasteiger partial charge in [-0.15, -0.1) is 0 Å². The topological polar surface area (TPSA) is 59.9 Å². The molecule has 5 nitrogen and oxygen atoms in total. The summed E-state index contributed by atoms with van der Waals surface area (Å²) < 4.78 is 13.9. The first-order valence-corrected chi connectivity index (χ1v) is 11.2. The Bertz CT molecular complexity index is 596. The van der Waals surface area contributed by atoms with Gasteiger partial charge >= 0.3 is 0 Å². The van der Waals surface area contributed by atoms with Crippen LogP contribution >= 0.6 is 0 Å². The molecule has 0 aliphatic carbocycles. The Labute approximate surface area is 175 Å². The first-order valence-electron chi connectivity index (χ1n) is 11.2. The van der Waals surface area contributed by atoms with Crippen molar-refractivity contribution in [3.8, 4) is 0 Å². The van der Waals surface area contributed by atoms with Crippen LogP contribution in [0.1, 0.15) is 51.5 Å². The number of aliphatic hydroxyl groups excluding tert-OH is 1. The normalized spacial score (nSPS) is 17.3. The zero-order valence-corrected chi connectivity index (χ0v) is 18.2. The van der Waals surface area contributed by atoms with Gasteiger partial charge in [-0.3, -0.25) is 9.89 Å². The highest BCUT2D eigenvalue weighted by atomic mass is 19.1. The number of aliphatic imine (C=N–C) groups is 1. The predicted molar refractivity (Wildman–Crippen MR) is 118 cm³/mol. The lowest BCUT2D eigenvalue weighted by molar-refractivity contribution is 0.176. The predicted octanol–water partition coefficient (Wildman–Crippen LogP) is 3.39. The second-order valence-corrected chi connectivity index (χ2v) is 8.08. The number of aliphatic hydroxyl groups is 1. The minimum Gasteiger partial charge on any atom is -0.396 e. The summed E-state index contributed by atoms with van der Waals surface area (Å²) in [5, 5.41) is 16.1. The van der Waals surface area contributed by atoms with Crippen LogP contribution in [0.4, 0.5) is 4.39 Å². The van der Waals surface area contributed by atoms with Gasteiger partial charge in [0.25, 0.3) is 0 Å². The number of hydrogen-bond acceptors (Lipinski definition) is 3. The van der Waals surface area contributed by atoms with Gasteiger partial charge in [0, 0.05) is 38.3 Å². The Morgan fingerprint density at radius 3 is 2.62 bits per heavy atom. The van der Waals surface area contributed by atoms with Crippen molar-refractivity contribution in [3.63, 3.8) is 0 Å². The zero-order chi connectivity index (χ0) is 20.9. The zero-order valence-electron chi connectivity index (χ0n) is 18.2. The summed E-state index contributed by atoms with van der Waals surface area (Å²) in [6.07, 6.45) is 5.27. The molecule has 0 aromatic heterocycles. The van der Waals surface area contributed by atoms with Gasteiger partial charge in [0.15, 0.2) is 5.96 Å². The number of rotatable bonds is 11. The molecular formula is C23H39FN4O. The van der Waals surface area contributed by atoms with E-state index in [1.807, 2.05) is 12.1 Å². The molecule has 1 unspecified atom stereocenters. The molecule has 0 radical (unpaired) electrons. The summed E-state index contributed by atoms with van der Waals surface area (Å²) in [4.78, 5) is 7.09. The number of nitrogens with zero attached hydrogens (tertiary/aromatic N) is 2. The van der Waals surface area contributed by atoms with E-state index < -0.39 is 0 Å². The molecule has 3 N–H and O–H groups in total. The van der Waals surface area contributed by atoms with Crippen LogP contribution in [0.2, 0.25) is 0 Å².